The Bertz CT molecular complexity index is 1070. The maximum atomic E-state index is 13.7. The van der Waals surface area contributed by atoms with Crippen molar-refractivity contribution in [2.75, 3.05) is 13.7 Å². The summed E-state index contributed by atoms with van der Waals surface area (Å²) < 4.78 is 57.8. The Hall–Kier alpha value is -3.33. The van der Waals surface area contributed by atoms with Crippen LogP contribution in [0.4, 0.5) is 13.2 Å². The second-order valence-corrected chi connectivity index (χ2v) is 7.12. The average molecular weight is 448 g/mol. The number of ether oxygens (including phenoxy) is 3. The van der Waals surface area contributed by atoms with Crippen molar-refractivity contribution in [3.63, 3.8) is 0 Å². The second-order valence-electron chi connectivity index (χ2n) is 7.12. The van der Waals surface area contributed by atoms with Gasteiger partial charge in [0.2, 0.25) is 0 Å². The van der Waals surface area contributed by atoms with E-state index in [0.29, 0.717) is 17.9 Å². The standard InChI is InChI=1S/C23H23F3N2O4/c1-16(14-31-15-18-6-4-3-5-7-18)32-20-12-27-28(22(29)21(20)23(24,25)26)13-17-8-10-19(30-2)11-9-17/h3-12,16H,13-15H2,1-2H3/t16-/m0/s1. The summed E-state index contributed by atoms with van der Waals surface area (Å²) in [6.45, 7) is 1.78. The number of nitrogens with zero attached hydrogens (tertiary/aromatic N) is 2. The van der Waals surface area contributed by atoms with Gasteiger partial charge in [-0.1, -0.05) is 42.5 Å². The highest BCUT2D eigenvalue weighted by Crippen LogP contribution is 2.33. The molecule has 32 heavy (non-hydrogen) atoms. The summed E-state index contributed by atoms with van der Waals surface area (Å²) in [5.74, 6) is -0.0263. The first kappa shape index (κ1) is 23.3. The fourth-order valence-corrected chi connectivity index (χ4v) is 3.01. The molecule has 1 atom stereocenters. The van der Waals surface area contributed by atoms with Crippen molar-refractivity contribution < 1.29 is 27.4 Å². The third kappa shape index (κ3) is 6.10. The fourth-order valence-electron chi connectivity index (χ4n) is 3.01. The van der Waals surface area contributed by atoms with Crippen molar-refractivity contribution in [3.05, 3.63) is 87.8 Å². The van der Waals surface area contributed by atoms with Crippen LogP contribution in [0.1, 0.15) is 23.6 Å². The number of methoxy groups -OCH3 is 1. The minimum Gasteiger partial charge on any atom is -0.497 e. The van der Waals surface area contributed by atoms with Crippen LogP contribution in [0.3, 0.4) is 0 Å². The van der Waals surface area contributed by atoms with Gasteiger partial charge in [-0.05, 0) is 30.2 Å². The Morgan fingerprint density at radius 1 is 1.03 bits per heavy atom. The maximum absolute atomic E-state index is 13.7. The second kappa shape index (κ2) is 10.3. The lowest BCUT2D eigenvalue weighted by molar-refractivity contribution is -0.141. The third-order valence-electron chi connectivity index (χ3n) is 4.58. The van der Waals surface area contributed by atoms with Crippen LogP contribution in [-0.2, 0) is 24.1 Å². The van der Waals surface area contributed by atoms with Gasteiger partial charge in [0.05, 0.1) is 33.1 Å². The topological polar surface area (TPSA) is 62.6 Å². The van der Waals surface area contributed by atoms with Gasteiger partial charge in [-0.25, -0.2) is 4.68 Å². The SMILES string of the molecule is COc1ccc(Cn2ncc(O[C@@H](C)COCc3ccccc3)c(C(F)(F)F)c2=O)cc1. The summed E-state index contributed by atoms with van der Waals surface area (Å²) in [5.41, 5.74) is -1.14. The zero-order valence-electron chi connectivity index (χ0n) is 17.6. The Balaban J connectivity index is 1.73. The molecule has 3 rings (SSSR count). The van der Waals surface area contributed by atoms with E-state index < -0.39 is 29.2 Å². The van der Waals surface area contributed by atoms with E-state index in [1.807, 2.05) is 30.3 Å². The molecule has 0 bridgehead atoms. The normalized spacial score (nSPS) is 12.4. The predicted octanol–water partition coefficient (Wildman–Crippen LogP) is 4.30. The molecule has 170 valence electrons. The van der Waals surface area contributed by atoms with Crippen LogP contribution in [0, 0.1) is 0 Å². The Morgan fingerprint density at radius 2 is 1.72 bits per heavy atom. The molecule has 0 aliphatic rings. The Labute approximate surface area is 183 Å². The number of hydrogen-bond acceptors (Lipinski definition) is 5. The molecular weight excluding hydrogens is 425 g/mol. The van der Waals surface area contributed by atoms with Crippen LogP contribution >= 0.6 is 0 Å². The van der Waals surface area contributed by atoms with E-state index >= 15 is 0 Å². The van der Waals surface area contributed by atoms with Crippen molar-refractivity contribution in [1.82, 2.24) is 9.78 Å². The third-order valence-corrected chi connectivity index (χ3v) is 4.58. The van der Waals surface area contributed by atoms with E-state index in [1.54, 1.807) is 31.2 Å². The Kier molecular flexibility index (Phi) is 7.53. The quantitative estimate of drug-likeness (QED) is 0.488. The van der Waals surface area contributed by atoms with Crippen molar-refractivity contribution in [2.45, 2.75) is 32.4 Å². The minimum atomic E-state index is -4.90. The zero-order chi connectivity index (χ0) is 23.1. The largest absolute Gasteiger partial charge is 0.497 e. The highest BCUT2D eigenvalue weighted by atomic mass is 19.4. The molecule has 3 aromatic rings. The molecule has 0 N–H and O–H groups in total. The van der Waals surface area contributed by atoms with Crippen molar-refractivity contribution >= 4 is 0 Å². The van der Waals surface area contributed by atoms with Gasteiger partial charge >= 0.3 is 6.18 Å². The molecule has 0 aliphatic carbocycles. The van der Waals surface area contributed by atoms with Crippen LogP contribution in [0.2, 0.25) is 0 Å². The van der Waals surface area contributed by atoms with Crippen LogP contribution in [-0.4, -0.2) is 29.6 Å². The lowest BCUT2D eigenvalue weighted by Gasteiger charge is -2.19. The highest BCUT2D eigenvalue weighted by molar-refractivity contribution is 5.32. The summed E-state index contributed by atoms with van der Waals surface area (Å²) in [6.07, 6.45) is -4.71. The predicted molar refractivity (Wildman–Crippen MR) is 112 cm³/mol. The molecule has 6 nitrogen and oxygen atoms in total. The van der Waals surface area contributed by atoms with Crippen molar-refractivity contribution in [1.29, 1.82) is 0 Å². The van der Waals surface area contributed by atoms with E-state index in [2.05, 4.69) is 5.10 Å². The first-order valence-electron chi connectivity index (χ1n) is 9.86. The lowest BCUT2D eigenvalue weighted by Crippen LogP contribution is -2.33. The lowest BCUT2D eigenvalue weighted by atomic mass is 10.2. The first-order valence-corrected chi connectivity index (χ1v) is 9.86. The van der Waals surface area contributed by atoms with E-state index in [0.717, 1.165) is 16.4 Å². The molecule has 0 radical (unpaired) electrons. The molecule has 0 fully saturated rings. The van der Waals surface area contributed by atoms with Gasteiger partial charge in [0.1, 0.15) is 11.9 Å². The molecule has 0 saturated carbocycles. The minimum absolute atomic E-state index is 0.0428. The summed E-state index contributed by atoms with van der Waals surface area (Å²) in [4.78, 5) is 12.6. The number of hydrogen-bond donors (Lipinski definition) is 0. The number of benzene rings is 2. The van der Waals surface area contributed by atoms with Gasteiger partial charge in [0, 0.05) is 0 Å². The van der Waals surface area contributed by atoms with Crippen molar-refractivity contribution in [3.8, 4) is 11.5 Å². The first-order chi connectivity index (χ1) is 15.3. The summed E-state index contributed by atoms with van der Waals surface area (Å²) in [6, 6.07) is 15.9. The van der Waals surface area contributed by atoms with E-state index in [4.69, 9.17) is 14.2 Å². The molecule has 0 spiro atoms. The van der Waals surface area contributed by atoms with E-state index in [9.17, 15) is 18.0 Å². The van der Waals surface area contributed by atoms with Crippen LogP contribution in [0.15, 0.2) is 65.6 Å². The Morgan fingerprint density at radius 3 is 2.34 bits per heavy atom. The molecule has 2 aromatic carbocycles. The van der Waals surface area contributed by atoms with Gasteiger partial charge in [0.15, 0.2) is 11.3 Å². The smallest absolute Gasteiger partial charge is 0.425 e. The van der Waals surface area contributed by atoms with Gasteiger partial charge in [-0.2, -0.15) is 18.3 Å². The maximum Gasteiger partial charge on any atom is 0.425 e. The van der Waals surface area contributed by atoms with Crippen molar-refractivity contribution in [2.24, 2.45) is 0 Å². The van der Waals surface area contributed by atoms with Gasteiger partial charge in [-0.15, -0.1) is 0 Å². The summed E-state index contributed by atoms with van der Waals surface area (Å²) in [7, 11) is 1.50. The average Bonchev–Trinajstić information content (AvgIpc) is 2.76. The molecule has 0 saturated heterocycles. The zero-order valence-corrected chi connectivity index (χ0v) is 17.6. The number of alkyl halides is 3. The molecule has 0 aliphatic heterocycles. The number of halogens is 3. The molecular formula is C23H23F3N2O4. The van der Waals surface area contributed by atoms with Gasteiger partial charge < -0.3 is 14.2 Å². The summed E-state index contributed by atoms with van der Waals surface area (Å²) in [5, 5.41) is 3.88. The van der Waals surface area contributed by atoms with Crippen LogP contribution < -0.4 is 15.0 Å². The number of aromatic nitrogens is 2. The molecule has 0 amide bonds. The fraction of sp³-hybridized carbons (Fsp3) is 0.304. The highest BCUT2D eigenvalue weighted by Gasteiger charge is 2.39. The molecule has 0 unspecified atom stereocenters. The van der Waals surface area contributed by atoms with E-state index in [1.165, 1.54) is 7.11 Å². The molecule has 9 heteroatoms. The summed E-state index contributed by atoms with van der Waals surface area (Å²) >= 11 is 0. The number of rotatable bonds is 9. The van der Waals surface area contributed by atoms with Gasteiger partial charge in [-0.3, -0.25) is 4.79 Å². The monoisotopic (exact) mass is 448 g/mol. The molecule has 1 aromatic heterocycles. The van der Waals surface area contributed by atoms with Gasteiger partial charge in [0.25, 0.3) is 5.56 Å². The van der Waals surface area contributed by atoms with E-state index in [-0.39, 0.29) is 13.2 Å². The van der Waals surface area contributed by atoms with Crippen LogP contribution in [0.5, 0.6) is 11.5 Å². The molecule has 1 heterocycles. The van der Waals surface area contributed by atoms with Crippen LogP contribution in [0.25, 0.3) is 0 Å².